The molecule has 0 spiro atoms. The minimum atomic E-state index is -9.91. The van der Waals surface area contributed by atoms with Gasteiger partial charge in [-0.3, -0.25) is 9.69 Å². The standard InChI is InChI=1S/C18H14F8N2OS2/c1-17(2)15(29)27(12-6-8-14(9-7-12)31(22,23,24,25)26)16(30)28(17)13-5-3-4-11(10-13)18(19,20)21/h3-10H,1-2H3. The molecule has 2 aromatic rings. The summed E-state index contributed by atoms with van der Waals surface area (Å²) in [6.07, 6.45) is -4.66. The molecule has 0 atom stereocenters. The Morgan fingerprint density at radius 1 is 0.903 bits per heavy atom. The number of hydrogen-bond acceptors (Lipinski definition) is 2. The molecule has 0 aliphatic carbocycles. The van der Waals surface area contributed by atoms with Crippen LogP contribution in [0.1, 0.15) is 19.4 Å². The first-order valence-electron chi connectivity index (χ1n) is 8.44. The number of halogens is 8. The maximum Gasteiger partial charge on any atom is 0.416 e. The third kappa shape index (κ3) is 4.20. The maximum absolute atomic E-state index is 13.1. The van der Waals surface area contributed by atoms with Crippen molar-refractivity contribution in [3.05, 3.63) is 54.1 Å². The lowest BCUT2D eigenvalue weighted by Gasteiger charge is -2.40. The summed E-state index contributed by atoms with van der Waals surface area (Å²) in [7, 11) is -9.91. The molecule has 31 heavy (non-hydrogen) atoms. The number of amides is 1. The number of thiocarbonyl (C=S) groups is 1. The Balaban J connectivity index is 2.05. The molecule has 0 radical (unpaired) electrons. The number of anilines is 2. The molecule has 0 bridgehead atoms. The summed E-state index contributed by atoms with van der Waals surface area (Å²) in [6.45, 7) is 2.73. The lowest BCUT2D eigenvalue weighted by Crippen LogP contribution is -2.44. The van der Waals surface area contributed by atoms with Gasteiger partial charge in [-0.05, 0) is 68.5 Å². The van der Waals surface area contributed by atoms with Crippen molar-refractivity contribution in [1.29, 1.82) is 0 Å². The minimum absolute atomic E-state index is 0.0655. The van der Waals surface area contributed by atoms with Crippen molar-refractivity contribution >= 4 is 44.8 Å². The number of nitrogens with zero attached hydrogens (tertiary/aromatic N) is 2. The Morgan fingerprint density at radius 2 is 1.45 bits per heavy atom. The SMILES string of the molecule is CC1(C)C(=O)N(c2ccc(S(F)(F)(F)(F)F)cc2)C(=S)N1c1cccc(C(F)(F)F)c1. The smallest absolute Gasteiger partial charge is 0.304 e. The van der Waals surface area contributed by atoms with Gasteiger partial charge in [0.05, 0.1) is 11.3 Å². The molecule has 13 heteroatoms. The normalized spacial score (nSPS) is 19.4. The Bertz CT molecular complexity index is 1080. The number of carbonyl (C=O) groups is 1. The number of alkyl halides is 3. The molecule has 1 fully saturated rings. The molecule has 1 saturated heterocycles. The van der Waals surface area contributed by atoms with E-state index in [0.29, 0.717) is 12.1 Å². The fraction of sp³-hybridized carbons (Fsp3) is 0.222. The Hall–Kier alpha value is -2.41. The monoisotopic (exact) mass is 490 g/mol. The second kappa shape index (κ2) is 6.09. The first-order chi connectivity index (χ1) is 13.7. The van der Waals surface area contributed by atoms with Crippen molar-refractivity contribution in [2.75, 3.05) is 9.80 Å². The van der Waals surface area contributed by atoms with E-state index in [1.165, 1.54) is 19.9 Å². The van der Waals surface area contributed by atoms with E-state index in [2.05, 4.69) is 0 Å². The Morgan fingerprint density at radius 3 is 1.94 bits per heavy atom. The van der Waals surface area contributed by atoms with Crippen LogP contribution < -0.4 is 9.80 Å². The van der Waals surface area contributed by atoms with E-state index in [-0.39, 0.29) is 28.6 Å². The van der Waals surface area contributed by atoms with Gasteiger partial charge in [0, 0.05) is 5.69 Å². The molecule has 170 valence electrons. The van der Waals surface area contributed by atoms with Gasteiger partial charge in [-0.25, -0.2) is 0 Å². The van der Waals surface area contributed by atoms with E-state index in [4.69, 9.17) is 12.2 Å². The molecule has 0 saturated carbocycles. The van der Waals surface area contributed by atoms with Gasteiger partial charge in [0.25, 0.3) is 5.91 Å². The fourth-order valence-corrected chi connectivity index (χ4v) is 4.30. The topological polar surface area (TPSA) is 23.6 Å². The molecule has 2 aromatic carbocycles. The van der Waals surface area contributed by atoms with Crippen LogP contribution in [-0.2, 0) is 11.0 Å². The van der Waals surface area contributed by atoms with Crippen LogP contribution in [0.15, 0.2) is 53.4 Å². The second-order valence-corrected chi connectivity index (χ2v) is 10.1. The van der Waals surface area contributed by atoms with Crippen molar-refractivity contribution in [3.8, 4) is 0 Å². The highest BCUT2D eigenvalue weighted by Crippen LogP contribution is 3.02. The van der Waals surface area contributed by atoms with Crippen molar-refractivity contribution in [2.45, 2.75) is 30.5 Å². The maximum atomic E-state index is 13.1. The lowest BCUT2D eigenvalue weighted by atomic mass is 10.0. The van der Waals surface area contributed by atoms with Gasteiger partial charge < -0.3 is 4.90 Å². The summed E-state index contributed by atoms with van der Waals surface area (Å²) in [5, 5.41) is -0.311. The fourth-order valence-electron chi connectivity index (χ4n) is 3.13. The van der Waals surface area contributed by atoms with Gasteiger partial charge >= 0.3 is 16.4 Å². The summed E-state index contributed by atoms with van der Waals surface area (Å²) in [4.78, 5) is 12.7. The molecule has 1 heterocycles. The predicted molar refractivity (Wildman–Crippen MR) is 106 cm³/mol. The summed E-state index contributed by atoms with van der Waals surface area (Å²) in [6, 6.07) is 5.59. The second-order valence-electron chi connectivity index (χ2n) is 7.33. The van der Waals surface area contributed by atoms with Crippen LogP contribution in [0.4, 0.5) is 44.0 Å². The number of rotatable bonds is 3. The average Bonchev–Trinajstić information content (AvgIpc) is 2.77. The van der Waals surface area contributed by atoms with Crippen LogP contribution in [0, 0.1) is 0 Å². The third-order valence-corrected chi connectivity index (χ3v) is 6.17. The summed E-state index contributed by atoms with van der Waals surface area (Å²) in [5.74, 6) is -0.755. The summed E-state index contributed by atoms with van der Waals surface area (Å²) < 4.78 is 104. The summed E-state index contributed by atoms with van der Waals surface area (Å²) in [5.41, 5.74) is -2.79. The molecule has 1 amide bonds. The number of benzene rings is 2. The van der Waals surface area contributed by atoms with Crippen LogP contribution in [0.3, 0.4) is 0 Å². The van der Waals surface area contributed by atoms with Crippen molar-refractivity contribution in [1.82, 2.24) is 0 Å². The molecule has 0 aromatic heterocycles. The van der Waals surface area contributed by atoms with E-state index in [1.54, 1.807) is 0 Å². The van der Waals surface area contributed by atoms with Crippen LogP contribution in [0.25, 0.3) is 0 Å². The zero-order valence-corrected chi connectivity index (χ0v) is 17.4. The van der Waals surface area contributed by atoms with Crippen LogP contribution in [0.5, 0.6) is 0 Å². The molecule has 3 rings (SSSR count). The van der Waals surface area contributed by atoms with Crippen molar-refractivity contribution in [2.24, 2.45) is 0 Å². The minimum Gasteiger partial charge on any atom is -0.304 e. The van der Waals surface area contributed by atoms with Crippen molar-refractivity contribution < 1.29 is 37.4 Å². The molecule has 1 aliphatic rings. The van der Waals surface area contributed by atoms with Gasteiger partial charge in [0.2, 0.25) is 0 Å². The molecule has 0 unspecified atom stereocenters. The first kappa shape index (κ1) is 23.3. The average molecular weight is 490 g/mol. The van der Waals surface area contributed by atoms with Gasteiger partial charge in [0.15, 0.2) is 5.11 Å². The Labute approximate surface area is 177 Å². The number of hydrogen-bond donors (Lipinski definition) is 0. The first-order valence-corrected chi connectivity index (χ1v) is 10.8. The highest BCUT2D eigenvalue weighted by atomic mass is 32.5. The third-order valence-electron chi connectivity index (χ3n) is 4.64. The highest BCUT2D eigenvalue weighted by molar-refractivity contribution is 8.45. The van der Waals surface area contributed by atoms with Gasteiger partial charge in [-0.1, -0.05) is 25.5 Å². The van der Waals surface area contributed by atoms with Crippen molar-refractivity contribution in [3.63, 3.8) is 0 Å². The molecule has 1 aliphatic heterocycles. The molecular weight excluding hydrogens is 476 g/mol. The quantitative estimate of drug-likeness (QED) is 0.334. The van der Waals surface area contributed by atoms with Crippen LogP contribution >= 0.6 is 22.4 Å². The largest absolute Gasteiger partial charge is 0.416 e. The molecule has 3 nitrogen and oxygen atoms in total. The Kier molecular flexibility index (Phi) is 4.57. The zero-order chi connectivity index (χ0) is 23.7. The van der Waals surface area contributed by atoms with Gasteiger partial charge in [-0.15, -0.1) is 0 Å². The molecular formula is C18H14F8N2OS2. The van der Waals surface area contributed by atoms with E-state index >= 15 is 0 Å². The zero-order valence-electron chi connectivity index (χ0n) is 15.8. The highest BCUT2D eigenvalue weighted by Gasteiger charge is 2.65. The van der Waals surface area contributed by atoms with Crippen LogP contribution in [0.2, 0.25) is 0 Å². The van der Waals surface area contributed by atoms with Gasteiger partial charge in [-0.2, -0.15) is 13.2 Å². The van der Waals surface area contributed by atoms with Gasteiger partial charge in [0.1, 0.15) is 10.4 Å². The predicted octanol–water partition coefficient (Wildman–Crippen LogP) is 7.28. The van der Waals surface area contributed by atoms with Crippen LogP contribution in [-0.4, -0.2) is 16.6 Å². The van der Waals surface area contributed by atoms with E-state index < -0.39 is 38.3 Å². The molecule has 0 N–H and O–H groups in total. The van der Waals surface area contributed by atoms with E-state index in [0.717, 1.165) is 28.0 Å². The lowest BCUT2D eigenvalue weighted by molar-refractivity contribution is -0.137. The summed E-state index contributed by atoms with van der Waals surface area (Å²) >= 11 is 5.23. The number of carbonyl (C=O) groups excluding carboxylic acids is 1. The van der Waals surface area contributed by atoms with E-state index in [9.17, 15) is 37.4 Å². The van der Waals surface area contributed by atoms with E-state index in [1.807, 2.05) is 0 Å².